The first-order valence-electron chi connectivity index (χ1n) is 8.33. The SMILES string of the molecule is CC.CCC(=O)CCCCN1CCN(C(=O)CNC)CC1. The predicted octanol–water partition coefficient (Wildman–Crippen LogP) is 1.53. The molecule has 1 rings (SSSR count). The van der Waals surface area contributed by atoms with Crippen LogP contribution in [0.15, 0.2) is 0 Å². The van der Waals surface area contributed by atoms with Gasteiger partial charge in [0.05, 0.1) is 6.54 Å². The van der Waals surface area contributed by atoms with Gasteiger partial charge in [-0.25, -0.2) is 0 Å². The van der Waals surface area contributed by atoms with Gasteiger partial charge in [-0.3, -0.25) is 14.5 Å². The summed E-state index contributed by atoms with van der Waals surface area (Å²) < 4.78 is 0. The second-order valence-electron chi connectivity index (χ2n) is 5.10. The lowest BCUT2D eigenvalue weighted by Crippen LogP contribution is -2.50. The van der Waals surface area contributed by atoms with Crippen LogP contribution in [0.25, 0.3) is 0 Å². The van der Waals surface area contributed by atoms with Crippen LogP contribution in [0.2, 0.25) is 0 Å². The Morgan fingerprint density at radius 3 is 2.19 bits per heavy atom. The van der Waals surface area contributed by atoms with Gasteiger partial charge in [0.25, 0.3) is 0 Å². The zero-order valence-corrected chi connectivity index (χ0v) is 14.3. The summed E-state index contributed by atoms with van der Waals surface area (Å²) in [5.41, 5.74) is 0. The molecule has 5 nitrogen and oxygen atoms in total. The van der Waals surface area contributed by atoms with Gasteiger partial charge in [-0.05, 0) is 26.4 Å². The first kappa shape index (κ1) is 20.1. The number of nitrogens with one attached hydrogen (secondary N) is 1. The Morgan fingerprint density at radius 1 is 1.05 bits per heavy atom. The molecule has 1 heterocycles. The molecule has 0 radical (unpaired) electrons. The van der Waals surface area contributed by atoms with Gasteiger partial charge in [0, 0.05) is 39.0 Å². The van der Waals surface area contributed by atoms with Gasteiger partial charge in [0.2, 0.25) is 5.91 Å². The molecule has 0 saturated carbocycles. The van der Waals surface area contributed by atoms with E-state index in [0.717, 1.165) is 52.0 Å². The van der Waals surface area contributed by atoms with Crippen LogP contribution < -0.4 is 5.32 Å². The summed E-state index contributed by atoms with van der Waals surface area (Å²) in [5.74, 6) is 0.554. The molecule has 124 valence electrons. The van der Waals surface area contributed by atoms with Gasteiger partial charge in [-0.1, -0.05) is 20.8 Å². The highest BCUT2D eigenvalue weighted by atomic mass is 16.2. The van der Waals surface area contributed by atoms with Gasteiger partial charge in [-0.2, -0.15) is 0 Å². The largest absolute Gasteiger partial charge is 0.339 e. The molecule has 0 aromatic carbocycles. The Kier molecular flexibility index (Phi) is 12.2. The van der Waals surface area contributed by atoms with Crippen LogP contribution in [0, 0.1) is 0 Å². The van der Waals surface area contributed by atoms with Gasteiger partial charge >= 0.3 is 0 Å². The van der Waals surface area contributed by atoms with Crippen LogP contribution in [-0.4, -0.2) is 67.8 Å². The summed E-state index contributed by atoms with van der Waals surface area (Å²) in [7, 11) is 1.80. The molecule has 21 heavy (non-hydrogen) atoms. The van der Waals surface area contributed by atoms with Crippen molar-refractivity contribution in [1.82, 2.24) is 15.1 Å². The molecule has 0 atom stereocenters. The maximum absolute atomic E-state index is 11.7. The van der Waals surface area contributed by atoms with Gasteiger partial charge in [0.1, 0.15) is 5.78 Å². The van der Waals surface area contributed by atoms with Crippen LogP contribution in [0.1, 0.15) is 46.5 Å². The molecule has 1 amide bonds. The Balaban J connectivity index is 0.00000191. The highest BCUT2D eigenvalue weighted by Gasteiger charge is 2.19. The normalized spacial score (nSPS) is 15.3. The van der Waals surface area contributed by atoms with Crippen molar-refractivity contribution in [2.24, 2.45) is 0 Å². The fourth-order valence-electron chi connectivity index (χ4n) is 2.32. The average molecular weight is 299 g/mol. The highest BCUT2D eigenvalue weighted by molar-refractivity contribution is 5.78. The maximum Gasteiger partial charge on any atom is 0.236 e. The summed E-state index contributed by atoms with van der Waals surface area (Å²) in [5, 5.41) is 2.90. The van der Waals surface area contributed by atoms with E-state index in [4.69, 9.17) is 0 Å². The number of Topliss-reactive ketones (excluding diaryl/α,β-unsaturated/α-hetero) is 1. The lowest BCUT2D eigenvalue weighted by Gasteiger charge is -2.34. The van der Waals surface area contributed by atoms with Crippen molar-refractivity contribution in [2.75, 3.05) is 46.3 Å². The molecule has 1 N–H and O–H groups in total. The van der Waals surface area contributed by atoms with Crippen molar-refractivity contribution >= 4 is 11.7 Å². The number of hydrogen-bond donors (Lipinski definition) is 1. The number of nitrogens with zero attached hydrogens (tertiary/aromatic N) is 2. The standard InChI is InChI=1S/C14H27N3O2.C2H6/c1-3-13(18)6-4-5-7-16-8-10-17(11-9-16)14(19)12-15-2;1-2/h15H,3-12H2,1-2H3;1-2H3. The van der Waals surface area contributed by atoms with Crippen molar-refractivity contribution in [3.05, 3.63) is 0 Å². The van der Waals surface area contributed by atoms with E-state index in [2.05, 4.69) is 10.2 Å². The number of amides is 1. The molecule has 1 aliphatic heterocycles. The number of hydrogen-bond acceptors (Lipinski definition) is 4. The van der Waals surface area contributed by atoms with Gasteiger partial charge in [-0.15, -0.1) is 0 Å². The minimum Gasteiger partial charge on any atom is -0.339 e. The van der Waals surface area contributed by atoms with Crippen molar-refractivity contribution in [2.45, 2.75) is 46.5 Å². The van der Waals surface area contributed by atoms with E-state index in [1.54, 1.807) is 7.05 Å². The minimum absolute atomic E-state index is 0.190. The van der Waals surface area contributed by atoms with E-state index < -0.39 is 0 Å². The number of likely N-dealkylation sites (N-methyl/N-ethyl adjacent to an activating group) is 1. The van der Waals surface area contributed by atoms with Crippen molar-refractivity contribution in [1.29, 1.82) is 0 Å². The maximum atomic E-state index is 11.7. The Labute approximate surface area is 130 Å². The molecule has 0 unspecified atom stereocenters. The summed E-state index contributed by atoms with van der Waals surface area (Å²) in [4.78, 5) is 27.2. The fraction of sp³-hybridized carbons (Fsp3) is 0.875. The topological polar surface area (TPSA) is 52.7 Å². The second kappa shape index (κ2) is 12.8. The molecule has 0 aromatic heterocycles. The molecule has 0 aliphatic carbocycles. The monoisotopic (exact) mass is 299 g/mol. The van der Waals surface area contributed by atoms with Crippen LogP contribution in [0.4, 0.5) is 0 Å². The summed E-state index contributed by atoms with van der Waals surface area (Å²) in [6.07, 6.45) is 3.45. The van der Waals surface area contributed by atoms with Crippen LogP contribution in [0.5, 0.6) is 0 Å². The molecule has 1 saturated heterocycles. The van der Waals surface area contributed by atoms with Crippen molar-refractivity contribution in [3.8, 4) is 0 Å². The van der Waals surface area contributed by atoms with Gasteiger partial charge in [0.15, 0.2) is 0 Å². The third kappa shape index (κ3) is 8.83. The molecule has 1 fully saturated rings. The first-order chi connectivity index (χ1) is 10.2. The summed E-state index contributed by atoms with van der Waals surface area (Å²) in [6.45, 7) is 11.0. The average Bonchev–Trinajstić information content (AvgIpc) is 2.54. The molecular weight excluding hydrogens is 266 g/mol. The Morgan fingerprint density at radius 2 is 1.67 bits per heavy atom. The molecule has 0 spiro atoms. The minimum atomic E-state index is 0.190. The summed E-state index contributed by atoms with van der Waals surface area (Å²) >= 11 is 0. The van der Waals surface area contributed by atoms with E-state index in [-0.39, 0.29) is 5.91 Å². The zero-order chi connectivity index (χ0) is 16.1. The van der Waals surface area contributed by atoms with Crippen LogP contribution in [0.3, 0.4) is 0 Å². The van der Waals surface area contributed by atoms with Crippen molar-refractivity contribution < 1.29 is 9.59 Å². The van der Waals surface area contributed by atoms with E-state index in [1.165, 1.54) is 0 Å². The Bertz CT molecular complexity index is 287. The van der Waals surface area contributed by atoms with Crippen molar-refractivity contribution in [3.63, 3.8) is 0 Å². The number of carbonyl (C=O) groups is 2. The number of ketones is 1. The van der Waals surface area contributed by atoms with Gasteiger partial charge < -0.3 is 10.2 Å². The number of rotatable bonds is 8. The molecule has 5 heteroatoms. The highest BCUT2D eigenvalue weighted by Crippen LogP contribution is 2.05. The molecule has 1 aliphatic rings. The van der Waals surface area contributed by atoms with Crippen LogP contribution >= 0.6 is 0 Å². The second-order valence-corrected chi connectivity index (χ2v) is 5.10. The number of unbranched alkanes of at least 4 members (excludes halogenated alkanes) is 1. The van der Waals surface area contributed by atoms with E-state index in [1.807, 2.05) is 25.7 Å². The number of piperazine rings is 1. The third-order valence-corrected chi connectivity index (χ3v) is 3.63. The smallest absolute Gasteiger partial charge is 0.236 e. The van der Waals surface area contributed by atoms with E-state index >= 15 is 0 Å². The molecular formula is C16H33N3O2. The van der Waals surface area contributed by atoms with E-state index in [9.17, 15) is 9.59 Å². The number of carbonyl (C=O) groups excluding carboxylic acids is 2. The molecule has 0 bridgehead atoms. The Hall–Kier alpha value is -0.940. The molecule has 0 aromatic rings. The fourth-order valence-corrected chi connectivity index (χ4v) is 2.32. The summed E-state index contributed by atoms with van der Waals surface area (Å²) in [6, 6.07) is 0. The lowest BCUT2D eigenvalue weighted by atomic mass is 10.1. The van der Waals surface area contributed by atoms with Crippen LogP contribution in [-0.2, 0) is 9.59 Å². The first-order valence-corrected chi connectivity index (χ1v) is 8.33. The zero-order valence-electron chi connectivity index (χ0n) is 14.3. The van der Waals surface area contributed by atoms with E-state index in [0.29, 0.717) is 18.7 Å². The third-order valence-electron chi connectivity index (χ3n) is 3.63. The lowest BCUT2D eigenvalue weighted by molar-refractivity contribution is -0.131. The quantitative estimate of drug-likeness (QED) is 0.691. The predicted molar refractivity (Wildman–Crippen MR) is 87.4 cm³/mol.